The lowest BCUT2D eigenvalue weighted by Gasteiger charge is -2.12. The zero-order chi connectivity index (χ0) is 18.1. The van der Waals surface area contributed by atoms with Crippen LogP contribution < -0.4 is 14.8 Å². The Bertz CT molecular complexity index is 984. The number of ether oxygens (including phenoxy) is 2. The molecule has 0 radical (unpaired) electrons. The van der Waals surface area contributed by atoms with Crippen molar-refractivity contribution in [2.45, 2.75) is 26.0 Å². The van der Waals surface area contributed by atoms with E-state index in [9.17, 15) is 4.79 Å². The van der Waals surface area contributed by atoms with Gasteiger partial charge in [-0.3, -0.25) is 9.78 Å². The largest absolute Gasteiger partial charge is 0.496 e. The monoisotopic (exact) mass is 348 g/mol. The molecule has 1 unspecified atom stereocenters. The number of fused-ring (bicyclic) bond motifs is 2. The van der Waals surface area contributed by atoms with Crippen molar-refractivity contribution in [2.75, 3.05) is 7.11 Å². The average molecular weight is 348 g/mol. The lowest BCUT2D eigenvalue weighted by Crippen LogP contribution is -2.23. The molecule has 0 saturated carbocycles. The molecule has 0 fully saturated rings. The Morgan fingerprint density at radius 3 is 3.04 bits per heavy atom. The first-order chi connectivity index (χ1) is 12.6. The molecule has 0 spiro atoms. The van der Waals surface area contributed by atoms with Gasteiger partial charge in [0.2, 0.25) is 0 Å². The number of rotatable bonds is 4. The molecule has 2 heterocycles. The molecule has 4 rings (SSSR count). The number of nitrogens with one attached hydrogen (secondary N) is 1. The number of hydrogen-bond donors (Lipinski definition) is 1. The number of nitrogens with zero attached hydrogens (tertiary/aromatic N) is 1. The number of aromatic nitrogens is 1. The van der Waals surface area contributed by atoms with Crippen LogP contribution >= 0.6 is 0 Å². The number of hydrogen-bond acceptors (Lipinski definition) is 4. The molecule has 2 aromatic carbocycles. The van der Waals surface area contributed by atoms with Crippen LogP contribution in [0.15, 0.2) is 48.7 Å². The summed E-state index contributed by atoms with van der Waals surface area (Å²) in [7, 11) is 1.64. The van der Waals surface area contributed by atoms with E-state index in [0.29, 0.717) is 12.1 Å². The van der Waals surface area contributed by atoms with E-state index in [2.05, 4.69) is 10.3 Å². The van der Waals surface area contributed by atoms with Crippen molar-refractivity contribution in [2.24, 2.45) is 0 Å². The third-order valence-corrected chi connectivity index (χ3v) is 4.60. The van der Waals surface area contributed by atoms with Crippen LogP contribution in [0.1, 0.15) is 28.4 Å². The Hall–Kier alpha value is -3.08. The molecular formula is C21H20N2O3. The van der Waals surface area contributed by atoms with Gasteiger partial charge in [0, 0.05) is 41.2 Å². The van der Waals surface area contributed by atoms with Crippen LogP contribution in [0, 0.1) is 0 Å². The maximum absolute atomic E-state index is 12.5. The highest BCUT2D eigenvalue weighted by Crippen LogP contribution is 2.34. The second-order valence-corrected chi connectivity index (χ2v) is 6.50. The molecule has 3 aromatic rings. The predicted molar refractivity (Wildman–Crippen MR) is 99.7 cm³/mol. The van der Waals surface area contributed by atoms with Gasteiger partial charge in [0.25, 0.3) is 5.91 Å². The van der Waals surface area contributed by atoms with Crippen molar-refractivity contribution < 1.29 is 14.3 Å². The van der Waals surface area contributed by atoms with Crippen LogP contribution in [0.25, 0.3) is 10.9 Å². The van der Waals surface area contributed by atoms with Gasteiger partial charge in [-0.05, 0) is 43.3 Å². The summed E-state index contributed by atoms with van der Waals surface area (Å²) in [5.74, 6) is 1.51. The quantitative estimate of drug-likeness (QED) is 0.784. The third kappa shape index (κ3) is 3.08. The summed E-state index contributed by atoms with van der Waals surface area (Å²) in [6.45, 7) is 2.42. The van der Waals surface area contributed by atoms with Crippen LogP contribution in [-0.2, 0) is 13.0 Å². The van der Waals surface area contributed by atoms with Crippen molar-refractivity contribution in [1.29, 1.82) is 0 Å². The fourth-order valence-corrected chi connectivity index (χ4v) is 3.30. The molecule has 132 valence electrons. The van der Waals surface area contributed by atoms with Crippen LogP contribution in [0.5, 0.6) is 11.5 Å². The summed E-state index contributed by atoms with van der Waals surface area (Å²) >= 11 is 0. The number of carbonyl (C=O) groups is 1. The maximum Gasteiger partial charge on any atom is 0.251 e. The van der Waals surface area contributed by atoms with Gasteiger partial charge in [-0.1, -0.05) is 6.07 Å². The van der Waals surface area contributed by atoms with Gasteiger partial charge in [-0.2, -0.15) is 0 Å². The minimum Gasteiger partial charge on any atom is -0.496 e. The lowest BCUT2D eigenvalue weighted by atomic mass is 10.1. The van der Waals surface area contributed by atoms with Gasteiger partial charge in [0.1, 0.15) is 17.6 Å². The number of benzene rings is 2. The molecule has 0 aliphatic carbocycles. The molecule has 1 amide bonds. The van der Waals surface area contributed by atoms with E-state index < -0.39 is 0 Å². The molecule has 0 bridgehead atoms. The smallest absolute Gasteiger partial charge is 0.251 e. The van der Waals surface area contributed by atoms with Crippen LogP contribution in [-0.4, -0.2) is 24.1 Å². The third-order valence-electron chi connectivity index (χ3n) is 4.60. The summed E-state index contributed by atoms with van der Waals surface area (Å²) in [6, 6.07) is 13.3. The Morgan fingerprint density at radius 1 is 1.31 bits per heavy atom. The second-order valence-electron chi connectivity index (χ2n) is 6.50. The molecular weight excluding hydrogens is 328 g/mol. The zero-order valence-corrected chi connectivity index (χ0v) is 14.8. The number of methoxy groups -OCH3 is 1. The highest BCUT2D eigenvalue weighted by Gasteiger charge is 2.22. The summed E-state index contributed by atoms with van der Waals surface area (Å²) in [4.78, 5) is 16.8. The maximum atomic E-state index is 12.5. The number of pyridine rings is 1. The molecule has 1 atom stereocenters. The first kappa shape index (κ1) is 16.4. The average Bonchev–Trinajstić information content (AvgIpc) is 3.03. The highest BCUT2D eigenvalue weighted by molar-refractivity contribution is 5.97. The van der Waals surface area contributed by atoms with Gasteiger partial charge < -0.3 is 14.8 Å². The normalized spacial score (nSPS) is 15.4. The first-order valence-electron chi connectivity index (χ1n) is 8.63. The van der Waals surface area contributed by atoms with Crippen molar-refractivity contribution in [3.8, 4) is 11.5 Å². The van der Waals surface area contributed by atoms with Crippen molar-refractivity contribution in [3.05, 3.63) is 65.4 Å². The molecule has 1 N–H and O–H groups in total. The van der Waals surface area contributed by atoms with E-state index in [0.717, 1.165) is 39.9 Å². The Morgan fingerprint density at radius 2 is 2.19 bits per heavy atom. The topological polar surface area (TPSA) is 60.5 Å². The Balaban J connectivity index is 1.53. The number of amides is 1. The zero-order valence-electron chi connectivity index (χ0n) is 14.8. The molecule has 0 saturated heterocycles. The minimum atomic E-state index is -0.132. The summed E-state index contributed by atoms with van der Waals surface area (Å²) < 4.78 is 11.3. The minimum absolute atomic E-state index is 0.132. The van der Waals surface area contributed by atoms with Crippen LogP contribution in [0.2, 0.25) is 0 Å². The molecule has 26 heavy (non-hydrogen) atoms. The van der Waals surface area contributed by atoms with Gasteiger partial charge in [0.05, 0.1) is 12.6 Å². The molecule has 5 heteroatoms. The van der Waals surface area contributed by atoms with Crippen LogP contribution in [0.3, 0.4) is 0 Å². The fourth-order valence-electron chi connectivity index (χ4n) is 3.30. The summed E-state index contributed by atoms with van der Waals surface area (Å²) in [5.41, 5.74) is 3.52. The van der Waals surface area contributed by atoms with E-state index in [1.807, 2.05) is 43.3 Å². The van der Waals surface area contributed by atoms with E-state index in [1.54, 1.807) is 19.4 Å². The Labute approximate surface area is 152 Å². The first-order valence-corrected chi connectivity index (χ1v) is 8.63. The predicted octanol–water partition coefficient (Wildman–Crippen LogP) is 3.50. The molecule has 5 nitrogen and oxygen atoms in total. The molecule has 1 aliphatic heterocycles. The van der Waals surface area contributed by atoms with Gasteiger partial charge in [0.15, 0.2) is 0 Å². The lowest BCUT2D eigenvalue weighted by molar-refractivity contribution is 0.0950. The van der Waals surface area contributed by atoms with E-state index in [4.69, 9.17) is 9.47 Å². The summed E-state index contributed by atoms with van der Waals surface area (Å²) in [5, 5.41) is 3.90. The standard InChI is InChI=1S/C21H20N2O3/c1-13-8-16-10-19(25-2)17(11-20(16)26-13)12-23-21(24)15-5-6-18-14(9-15)4-3-7-22-18/h3-7,9-11,13H,8,12H2,1-2H3,(H,23,24). The van der Waals surface area contributed by atoms with Crippen molar-refractivity contribution in [3.63, 3.8) is 0 Å². The van der Waals surface area contributed by atoms with Crippen molar-refractivity contribution in [1.82, 2.24) is 10.3 Å². The molecule has 1 aromatic heterocycles. The second kappa shape index (κ2) is 6.67. The van der Waals surface area contributed by atoms with Crippen LogP contribution in [0.4, 0.5) is 0 Å². The summed E-state index contributed by atoms with van der Waals surface area (Å²) in [6.07, 6.45) is 2.79. The SMILES string of the molecule is COc1cc2c(cc1CNC(=O)c1ccc3ncccc3c1)OC(C)C2. The highest BCUT2D eigenvalue weighted by atomic mass is 16.5. The van der Waals surface area contributed by atoms with Gasteiger partial charge >= 0.3 is 0 Å². The molecule has 1 aliphatic rings. The van der Waals surface area contributed by atoms with Gasteiger partial charge in [-0.15, -0.1) is 0 Å². The van der Waals surface area contributed by atoms with Gasteiger partial charge in [-0.25, -0.2) is 0 Å². The fraction of sp³-hybridized carbons (Fsp3) is 0.238. The number of carbonyl (C=O) groups excluding carboxylic acids is 1. The van der Waals surface area contributed by atoms with E-state index in [-0.39, 0.29) is 12.0 Å². The Kier molecular flexibility index (Phi) is 4.21. The van der Waals surface area contributed by atoms with E-state index in [1.165, 1.54) is 0 Å². The van der Waals surface area contributed by atoms with Crippen molar-refractivity contribution >= 4 is 16.8 Å². The van der Waals surface area contributed by atoms with E-state index >= 15 is 0 Å².